The van der Waals surface area contributed by atoms with E-state index in [0.717, 1.165) is 0 Å². The van der Waals surface area contributed by atoms with Gasteiger partial charge in [0.25, 0.3) is 17.9 Å². The van der Waals surface area contributed by atoms with Gasteiger partial charge in [0.2, 0.25) is 0 Å². The molecule has 15 nitrogen and oxygen atoms in total. The monoisotopic (exact) mass is 450 g/mol. The van der Waals surface area contributed by atoms with Crippen LogP contribution in [-0.2, 0) is 51.5 Å². The molecule has 3 N–H and O–H groups in total. The topological polar surface area (TPSA) is 218 Å². The molecule has 0 aliphatic carbocycles. The summed E-state index contributed by atoms with van der Waals surface area (Å²) < 4.78 is 27.2. The Morgan fingerprint density at radius 1 is 0.897 bits per heavy atom. The molecule has 2 aliphatic heterocycles. The molecule has 2 heterocycles. The molecule has 2 rings (SSSR count). The summed E-state index contributed by atoms with van der Waals surface area (Å²) in [7, 11) is 0. The zero-order valence-electron chi connectivity index (χ0n) is 14.2. The first-order chi connectivity index (χ1) is 13.5. The minimum atomic E-state index is -3.73. The van der Waals surface area contributed by atoms with Crippen LogP contribution < -0.4 is 0 Å². The van der Waals surface area contributed by atoms with Gasteiger partial charge in [-0.1, -0.05) is 0 Å². The summed E-state index contributed by atoms with van der Waals surface area (Å²) in [5, 5.41) is 28.2. The molecule has 0 aromatic heterocycles. The lowest BCUT2D eigenvalue weighted by Crippen LogP contribution is -2.39. The third-order valence-corrected chi connectivity index (χ3v) is 5.86. The molecule has 0 spiro atoms. The Morgan fingerprint density at radius 2 is 1.34 bits per heavy atom. The first-order valence-corrected chi connectivity index (χ1v) is 10.6. The summed E-state index contributed by atoms with van der Waals surface area (Å²) in [5.74, 6) is -7.48. The van der Waals surface area contributed by atoms with E-state index in [4.69, 9.17) is 0 Å². The Morgan fingerprint density at radius 3 is 1.83 bits per heavy atom. The van der Waals surface area contributed by atoms with Crippen molar-refractivity contribution >= 4 is 66.1 Å². The molecular weight excluding hydrogens is 438 g/mol. The largest absolute Gasteiger partial charge is 1.20 e. The summed E-state index contributed by atoms with van der Waals surface area (Å²) in [5.41, 5.74) is 0. The Labute approximate surface area is 170 Å². The van der Waals surface area contributed by atoms with E-state index in [1.807, 2.05) is 0 Å². The molecule has 0 aromatic carbocycles. The van der Waals surface area contributed by atoms with Crippen LogP contribution >= 0.6 is 0 Å². The van der Waals surface area contributed by atoms with Crippen LogP contribution in [0.4, 0.5) is 0 Å². The van der Waals surface area contributed by atoms with Gasteiger partial charge in [-0.15, -0.1) is 0 Å². The highest BCUT2D eigenvalue weighted by Gasteiger charge is 2.54. The molecule has 0 unspecified atom stereocenters. The van der Waals surface area contributed by atoms with E-state index in [1.165, 1.54) is 0 Å². The predicted octanol–water partition coefficient (Wildman–Crippen LogP) is -4.50. The number of rotatable bonds is 5. The summed E-state index contributed by atoms with van der Waals surface area (Å²) in [6.07, 6.45) is -8.22. The molecule has 156 valence electrons. The van der Waals surface area contributed by atoms with Gasteiger partial charge in [-0.3, -0.25) is 28.8 Å². The van der Waals surface area contributed by atoms with Crippen molar-refractivity contribution in [2.24, 2.45) is 0 Å². The van der Waals surface area contributed by atoms with Gasteiger partial charge in [-0.25, -0.2) is 0 Å². The average molecular weight is 450 g/mol. The quantitative estimate of drug-likeness (QED) is 0.336. The van der Waals surface area contributed by atoms with Gasteiger partial charge in [0.1, 0.15) is 0 Å². The normalized spacial score (nSPS) is 23.6. The third kappa shape index (κ3) is 6.95. The molecule has 2 saturated heterocycles. The smallest absolute Gasteiger partial charge is 0.551 e. The standard InChI is InChI=1S/3C4H6O5.2Al/c3*5-2(4(8)9)1-3(6)7;;/h3*2,5H,1H2,(H,6,7)(H,8,9);;/q;;;2*+3/p-6/t3*2-;;/m000../s1. The second-order valence-electron chi connectivity index (χ2n) is 5.52. The van der Waals surface area contributed by atoms with Gasteiger partial charge in [-0.05, 0) is 0 Å². The highest BCUT2D eigenvalue weighted by atomic mass is 27.3. The Bertz CT molecular complexity index is 722. The van der Waals surface area contributed by atoms with Gasteiger partial charge in [0.15, 0.2) is 18.3 Å². The SMILES string of the molecule is O=C1C[C@H](O)C(=O)[O][Al]([O]C(=O)C[C@H](O)C(=O)[O][Al]2[O]C(=O)C[C@H](O)C(=O)[O]2)[O]1. The average Bonchev–Trinajstić information content (AvgIpc) is 2.79. The Kier molecular flexibility index (Phi) is 7.94. The van der Waals surface area contributed by atoms with Gasteiger partial charge in [0.05, 0.1) is 19.3 Å². The van der Waals surface area contributed by atoms with E-state index in [0.29, 0.717) is 0 Å². The second kappa shape index (κ2) is 9.99. The summed E-state index contributed by atoms with van der Waals surface area (Å²) in [6, 6.07) is 0. The van der Waals surface area contributed by atoms with Crippen LogP contribution in [0.15, 0.2) is 0 Å². The zero-order valence-corrected chi connectivity index (χ0v) is 16.6. The molecule has 2 fully saturated rings. The maximum Gasteiger partial charge on any atom is 1.20 e. The number of hydrogen-bond donors (Lipinski definition) is 3. The van der Waals surface area contributed by atoms with E-state index < -0.39 is 104 Å². The van der Waals surface area contributed by atoms with Gasteiger partial charge >= 0.3 is 48.2 Å². The zero-order chi connectivity index (χ0) is 21.7. The Balaban J connectivity index is 1.86. The first-order valence-electron chi connectivity index (χ1n) is 7.79. The van der Waals surface area contributed by atoms with Crippen LogP contribution in [0.3, 0.4) is 0 Å². The van der Waals surface area contributed by atoms with Crippen molar-refractivity contribution in [3.8, 4) is 0 Å². The minimum Gasteiger partial charge on any atom is -0.551 e. The number of aliphatic hydroxyl groups excluding tert-OH is 3. The molecule has 3 atom stereocenters. The van der Waals surface area contributed by atoms with Crippen molar-refractivity contribution < 1.29 is 66.8 Å². The fourth-order valence-corrected chi connectivity index (χ4v) is 4.12. The highest BCUT2D eigenvalue weighted by Crippen LogP contribution is 2.12. The van der Waals surface area contributed by atoms with Crippen LogP contribution in [0, 0.1) is 0 Å². The van der Waals surface area contributed by atoms with Crippen molar-refractivity contribution in [2.75, 3.05) is 0 Å². The van der Waals surface area contributed by atoms with Gasteiger partial charge in [0, 0.05) is 0 Å². The van der Waals surface area contributed by atoms with Crippen molar-refractivity contribution in [1.29, 1.82) is 0 Å². The second-order valence-corrected chi connectivity index (χ2v) is 8.09. The third-order valence-electron chi connectivity index (χ3n) is 3.22. The van der Waals surface area contributed by atoms with Crippen LogP contribution in [0.2, 0.25) is 0 Å². The maximum atomic E-state index is 11.8. The van der Waals surface area contributed by atoms with Gasteiger partial charge in [-0.2, -0.15) is 0 Å². The molecule has 0 bridgehead atoms. The van der Waals surface area contributed by atoms with E-state index in [1.54, 1.807) is 0 Å². The maximum absolute atomic E-state index is 11.8. The van der Waals surface area contributed by atoms with Crippen LogP contribution in [0.1, 0.15) is 19.3 Å². The van der Waals surface area contributed by atoms with Crippen molar-refractivity contribution in [1.82, 2.24) is 0 Å². The molecular formula is C12H12Al2O15. The number of hydrogen-bond acceptors (Lipinski definition) is 15. The van der Waals surface area contributed by atoms with Crippen molar-refractivity contribution in [3.05, 3.63) is 0 Å². The molecule has 2 aliphatic rings. The van der Waals surface area contributed by atoms with Gasteiger partial charge < -0.3 is 38.1 Å². The summed E-state index contributed by atoms with van der Waals surface area (Å²) in [6.45, 7) is 0. The van der Waals surface area contributed by atoms with E-state index in [9.17, 15) is 44.1 Å². The molecule has 0 saturated carbocycles. The number of carbonyl (C=O) groups excluding carboxylic acids is 6. The highest BCUT2D eigenvalue weighted by molar-refractivity contribution is 6.45. The van der Waals surface area contributed by atoms with Crippen LogP contribution in [0.5, 0.6) is 0 Å². The first kappa shape index (κ1) is 23.0. The van der Waals surface area contributed by atoms with E-state index in [-0.39, 0.29) is 0 Å². The lowest BCUT2D eigenvalue weighted by molar-refractivity contribution is -0.157. The van der Waals surface area contributed by atoms with Crippen molar-refractivity contribution in [3.63, 3.8) is 0 Å². The summed E-state index contributed by atoms with van der Waals surface area (Å²) in [4.78, 5) is 68.8. The fourth-order valence-electron chi connectivity index (χ4n) is 1.85. The van der Waals surface area contributed by atoms with Crippen molar-refractivity contribution in [2.45, 2.75) is 37.6 Å². The molecule has 0 radical (unpaired) electrons. The lowest BCUT2D eigenvalue weighted by Gasteiger charge is -2.14. The predicted molar refractivity (Wildman–Crippen MR) is 79.9 cm³/mol. The lowest BCUT2D eigenvalue weighted by atomic mass is 10.3. The number of carbonyl (C=O) groups is 6. The fraction of sp³-hybridized carbons (Fsp3) is 0.500. The van der Waals surface area contributed by atoms with E-state index in [2.05, 4.69) is 22.7 Å². The molecule has 0 aromatic rings. The van der Waals surface area contributed by atoms with Crippen LogP contribution in [0.25, 0.3) is 0 Å². The minimum absolute atomic E-state index is 0.701. The summed E-state index contributed by atoms with van der Waals surface area (Å²) >= 11 is -7.40. The van der Waals surface area contributed by atoms with E-state index >= 15 is 0 Å². The number of aliphatic hydroxyl groups is 3. The molecule has 29 heavy (non-hydrogen) atoms. The van der Waals surface area contributed by atoms with Crippen LogP contribution in [-0.4, -0.2) is 99.7 Å². The Hall–Kier alpha value is -2.24. The molecule has 0 amide bonds. The molecule has 17 heteroatoms.